The van der Waals surface area contributed by atoms with Crippen LogP contribution in [0.25, 0.3) is 0 Å². The molecule has 0 bridgehead atoms. The molecule has 12 heteroatoms. The molecule has 4 rings (SSSR count). The van der Waals surface area contributed by atoms with E-state index in [0.717, 1.165) is 31.4 Å². The van der Waals surface area contributed by atoms with E-state index in [0.29, 0.717) is 13.0 Å². The number of nitrogens with zero attached hydrogens (tertiary/aromatic N) is 2. The van der Waals surface area contributed by atoms with Crippen molar-refractivity contribution < 1.29 is 28.8 Å². The first-order valence-electron chi connectivity index (χ1n) is 15.6. The Hall–Kier alpha value is -3.18. The highest BCUT2D eigenvalue weighted by molar-refractivity contribution is 6.37. The number of carbonyl (C=O) groups is 5. The average molecular weight is 603 g/mol. The summed E-state index contributed by atoms with van der Waals surface area (Å²) in [6.45, 7) is 14.1. The molecule has 5 N–H and O–H groups in total. The SMILES string of the molecule is CO/N=C(\C1CC1)[C@@H](NC(=O)N[C@H](C(=O)N1C[C@H]2[C@@H]([C@H]1C(=O)NC(CC1CC1)C(=O)C(N)=O)C2(C)C)C(C)(C)C)C(C)C. The fraction of sp³-hybridized carbons (Fsp3) is 0.806. The number of oxime groups is 1. The molecule has 1 saturated heterocycles. The van der Waals surface area contributed by atoms with Crippen LogP contribution >= 0.6 is 0 Å². The van der Waals surface area contributed by atoms with Crippen molar-refractivity contribution in [3.63, 3.8) is 0 Å². The van der Waals surface area contributed by atoms with E-state index >= 15 is 0 Å². The van der Waals surface area contributed by atoms with Gasteiger partial charge in [0.2, 0.25) is 17.6 Å². The van der Waals surface area contributed by atoms with Gasteiger partial charge in [-0.2, -0.15) is 0 Å². The van der Waals surface area contributed by atoms with E-state index < -0.39 is 47.2 Å². The van der Waals surface area contributed by atoms with Gasteiger partial charge in [0.1, 0.15) is 19.2 Å². The zero-order chi connectivity index (χ0) is 32.0. The molecule has 0 aromatic rings. The van der Waals surface area contributed by atoms with Crippen molar-refractivity contribution >= 4 is 35.2 Å². The molecule has 3 saturated carbocycles. The van der Waals surface area contributed by atoms with Gasteiger partial charge in [0, 0.05) is 12.5 Å². The van der Waals surface area contributed by atoms with Gasteiger partial charge in [-0.05, 0) is 53.8 Å². The summed E-state index contributed by atoms with van der Waals surface area (Å²) >= 11 is 0. The quantitative estimate of drug-likeness (QED) is 0.143. The van der Waals surface area contributed by atoms with Crippen LogP contribution in [0.3, 0.4) is 0 Å². The normalized spacial score (nSPS) is 26.6. The predicted octanol–water partition coefficient (Wildman–Crippen LogP) is 1.96. The number of amides is 5. The summed E-state index contributed by atoms with van der Waals surface area (Å²) in [4.78, 5) is 72.4. The molecule has 0 radical (unpaired) electrons. The van der Waals surface area contributed by atoms with Crippen molar-refractivity contribution in [3.8, 4) is 0 Å². The van der Waals surface area contributed by atoms with E-state index in [1.807, 2.05) is 34.6 Å². The summed E-state index contributed by atoms with van der Waals surface area (Å²) < 4.78 is 0. The molecule has 240 valence electrons. The second-order valence-electron chi connectivity index (χ2n) is 15.0. The zero-order valence-corrected chi connectivity index (χ0v) is 26.9. The number of urea groups is 1. The van der Waals surface area contributed by atoms with Gasteiger partial charge in [-0.3, -0.25) is 19.2 Å². The van der Waals surface area contributed by atoms with Crippen LogP contribution in [0, 0.1) is 40.4 Å². The van der Waals surface area contributed by atoms with Gasteiger partial charge < -0.3 is 31.4 Å². The largest absolute Gasteiger partial charge is 0.399 e. The number of primary amides is 1. The monoisotopic (exact) mass is 602 g/mol. The Bertz CT molecular complexity index is 1170. The van der Waals surface area contributed by atoms with E-state index in [9.17, 15) is 24.0 Å². The second-order valence-corrected chi connectivity index (χ2v) is 15.0. The second kappa shape index (κ2) is 12.1. The molecule has 43 heavy (non-hydrogen) atoms. The summed E-state index contributed by atoms with van der Waals surface area (Å²) in [6.07, 6.45) is 4.19. The van der Waals surface area contributed by atoms with E-state index in [1.165, 1.54) is 7.11 Å². The Morgan fingerprint density at radius 3 is 2.14 bits per heavy atom. The van der Waals surface area contributed by atoms with Crippen molar-refractivity contribution in [1.29, 1.82) is 0 Å². The van der Waals surface area contributed by atoms with Gasteiger partial charge in [-0.1, -0.05) is 66.5 Å². The first-order valence-corrected chi connectivity index (χ1v) is 15.6. The Morgan fingerprint density at radius 2 is 1.65 bits per heavy atom. The van der Waals surface area contributed by atoms with Crippen LogP contribution in [0.5, 0.6) is 0 Å². The van der Waals surface area contributed by atoms with Gasteiger partial charge >= 0.3 is 6.03 Å². The third kappa shape index (κ3) is 7.15. The first-order chi connectivity index (χ1) is 20.0. The Labute approximate surface area is 254 Å². The minimum absolute atomic E-state index is 0.0386. The third-order valence-electron chi connectivity index (χ3n) is 9.75. The molecule has 1 heterocycles. The molecular weight excluding hydrogens is 552 g/mol. The van der Waals surface area contributed by atoms with Gasteiger partial charge in [-0.25, -0.2) is 4.79 Å². The summed E-state index contributed by atoms with van der Waals surface area (Å²) in [7, 11) is 1.49. The van der Waals surface area contributed by atoms with Crippen molar-refractivity contribution in [2.75, 3.05) is 13.7 Å². The van der Waals surface area contributed by atoms with Crippen LogP contribution in [0.1, 0.15) is 80.6 Å². The van der Waals surface area contributed by atoms with Crippen molar-refractivity contribution in [2.45, 2.75) is 105 Å². The van der Waals surface area contributed by atoms with E-state index in [1.54, 1.807) is 4.90 Å². The number of carbonyl (C=O) groups excluding carboxylic acids is 5. The molecule has 1 unspecified atom stereocenters. The predicted molar refractivity (Wildman–Crippen MR) is 160 cm³/mol. The molecule has 6 atom stereocenters. The average Bonchev–Trinajstić information content (AvgIpc) is 3.85. The van der Waals surface area contributed by atoms with Crippen LogP contribution in [-0.2, 0) is 24.0 Å². The number of likely N-dealkylation sites (tertiary alicyclic amines) is 1. The Balaban J connectivity index is 1.53. The smallest absolute Gasteiger partial charge is 0.315 e. The van der Waals surface area contributed by atoms with Gasteiger partial charge in [0.25, 0.3) is 5.91 Å². The Morgan fingerprint density at radius 1 is 1.02 bits per heavy atom. The molecule has 12 nitrogen and oxygen atoms in total. The number of ketones is 1. The van der Waals surface area contributed by atoms with Crippen LogP contribution in [-0.4, -0.2) is 78.0 Å². The number of Topliss-reactive ketones (excluding diaryl/α,β-unsaturated/α-hetero) is 1. The number of nitrogens with one attached hydrogen (secondary N) is 3. The van der Waals surface area contributed by atoms with Crippen LogP contribution < -0.4 is 21.7 Å². The van der Waals surface area contributed by atoms with Crippen LogP contribution in [0.4, 0.5) is 4.79 Å². The standard InChI is InChI=1S/C31H50N6O6/c1-15(2)21(22(36-43-8)17-11-12-17)34-29(42)35-25(30(3,4)5)28(41)37-14-18-20(31(18,6)7)23(37)27(40)33-19(13-16-9-10-16)24(38)26(32)39/h15-21,23,25H,9-14H2,1-8H3,(H2,32,39)(H,33,40)(H2,34,35,42)/b36-22+/t18-,19?,20-,21-,23-,25+/m0/s1. The van der Waals surface area contributed by atoms with Crippen LogP contribution in [0.15, 0.2) is 5.16 Å². The molecule has 4 aliphatic rings. The first kappa shape index (κ1) is 32.7. The molecular formula is C31H50N6O6. The minimum Gasteiger partial charge on any atom is -0.399 e. The minimum atomic E-state index is -1.09. The highest BCUT2D eigenvalue weighted by Crippen LogP contribution is 2.65. The number of fused-ring (bicyclic) bond motifs is 1. The molecule has 4 fully saturated rings. The van der Waals surface area contributed by atoms with Crippen molar-refractivity contribution in [3.05, 3.63) is 0 Å². The number of hydrogen-bond acceptors (Lipinski definition) is 7. The molecule has 0 aromatic carbocycles. The van der Waals surface area contributed by atoms with E-state index in [-0.39, 0.29) is 47.0 Å². The van der Waals surface area contributed by atoms with Gasteiger partial charge in [0.15, 0.2) is 0 Å². The zero-order valence-electron chi connectivity index (χ0n) is 26.9. The van der Waals surface area contributed by atoms with Crippen molar-refractivity contribution in [2.24, 2.45) is 51.3 Å². The third-order valence-corrected chi connectivity index (χ3v) is 9.75. The van der Waals surface area contributed by atoms with Gasteiger partial charge in [0.05, 0.1) is 17.8 Å². The molecule has 3 aliphatic carbocycles. The topological polar surface area (TPSA) is 172 Å². The molecule has 0 aromatic heterocycles. The lowest BCUT2D eigenvalue weighted by Gasteiger charge is -2.38. The van der Waals surface area contributed by atoms with E-state index in [4.69, 9.17) is 10.6 Å². The van der Waals surface area contributed by atoms with E-state index in [2.05, 4.69) is 35.0 Å². The maximum atomic E-state index is 14.2. The maximum Gasteiger partial charge on any atom is 0.315 e. The molecule has 0 spiro atoms. The highest BCUT2D eigenvalue weighted by atomic mass is 16.6. The lowest BCUT2D eigenvalue weighted by Crippen LogP contribution is -2.62. The van der Waals surface area contributed by atoms with Gasteiger partial charge in [-0.15, -0.1) is 0 Å². The lowest BCUT2D eigenvalue weighted by molar-refractivity contribution is -0.145. The lowest BCUT2D eigenvalue weighted by atomic mass is 9.85. The van der Waals surface area contributed by atoms with Crippen molar-refractivity contribution in [1.82, 2.24) is 20.9 Å². The Kier molecular flexibility index (Phi) is 9.19. The fourth-order valence-electron chi connectivity index (χ4n) is 6.74. The number of rotatable bonds is 13. The van der Waals surface area contributed by atoms with Crippen LogP contribution in [0.2, 0.25) is 0 Å². The summed E-state index contributed by atoms with van der Waals surface area (Å²) in [5, 5.41) is 12.9. The fourth-order valence-corrected chi connectivity index (χ4v) is 6.74. The number of piperidine rings is 1. The maximum absolute atomic E-state index is 14.2. The number of hydrogen-bond donors (Lipinski definition) is 4. The summed E-state index contributed by atoms with van der Waals surface area (Å²) in [5.41, 5.74) is 5.24. The molecule has 5 amide bonds. The highest BCUT2D eigenvalue weighted by Gasteiger charge is 2.70. The number of nitrogens with two attached hydrogens (primary N) is 1. The molecule has 1 aliphatic heterocycles. The summed E-state index contributed by atoms with van der Waals surface area (Å²) in [5.74, 6) is -2.17. The summed E-state index contributed by atoms with van der Waals surface area (Å²) in [6, 6.07) is -3.65.